The molecule has 0 spiro atoms. The fourth-order valence-electron chi connectivity index (χ4n) is 1.55. The van der Waals surface area contributed by atoms with Crippen LogP contribution < -0.4 is 5.56 Å². The number of nitrogens with zero attached hydrogens (tertiary/aromatic N) is 4. The third-order valence-corrected chi connectivity index (χ3v) is 2.40. The molecule has 0 aliphatic carbocycles. The monoisotopic (exact) mass is 266 g/mol. The number of carbonyl (C=O) groups excluding carboxylic acids is 1. The molecule has 0 unspecified atom stereocenters. The van der Waals surface area contributed by atoms with Crippen LogP contribution in [-0.2, 0) is 16.1 Å². The largest absolute Gasteiger partial charge is 0.464 e. The first-order chi connectivity index (χ1) is 8.99. The molecule has 100 valence electrons. The van der Waals surface area contributed by atoms with Gasteiger partial charge in [0.25, 0.3) is 0 Å². The van der Waals surface area contributed by atoms with E-state index < -0.39 is 22.3 Å². The second kappa shape index (κ2) is 4.88. The van der Waals surface area contributed by atoms with Gasteiger partial charge in [-0.3, -0.25) is 14.0 Å². The van der Waals surface area contributed by atoms with Gasteiger partial charge in [-0.05, 0) is 9.91 Å². The predicted molar refractivity (Wildman–Crippen MR) is 62.7 cm³/mol. The minimum absolute atomic E-state index is 0.0444. The Labute approximate surface area is 106 Å². The number of imidazole rings is 1. The Morgan fingerprint density at radius 1 is 1.53 bits per heavy atom. The highest BCUT2D eigenvalue weighted by molar-refractivity contribution is 5.65. The first-order valence-corrected chi connectivity index (χ1v) is 5.35. The summed E-state index contributed by atoms with van der Waals surface area (Å²) in [5.74, 6) is -0.833. The lowest BCUT2D eigenvalue weighted by atomic mass is 10.5. The Bertz CT molecular complexity index is 701. The minimum Gasteiger partial charge on any atom is -0.464 e. The van der Waals surface area contributed by atoms with Gasteiger partial charge in [0.05, 0.1) is 6.54 Å². The molecule has 0 aliphatic heterocycles. The molecular formula is C10H10N4O5. The lowest BCUT2D eigenvalue weighted by Gasteiger charge is -2.04. The summed E-state index contributed by atoms with van der Waals surface area (Å²) in [6, 6.07) is 0. The molecule has 0 radical (unpaired) electrons. The van der Waals surface area contributed by atoms with Gasteiger partial charge in [-0.1, -0.05) is 0 Å². The van der Waals surface area contributed by atoms with Crippen LogP contribution in [0.1, 0.15) is 6.92 Å². The predicted octanol–water partition coefficient (Wildman–Crippen LogP) is -0.0327. The van der Waals surface area contributed by atoms with Gasteiger partial charge in [-0.2, -0.15) is 0 Å². The van der Waals surface area contributed by atoms with Crippen LogP contribution in [0.5, 0.6) is 0 Å². The minimum atomic E-state index is -0.671. The second-order valence-electron chi connectivity index (χ2n) is 3.72. The van der Waals surface area contributed by atoms with Crippen LogP contribution in [0.3, 0.4) is 0 Å². The molecule has 2 rings (SSSR count). The maximum atomic E-state index is 12.0. The highest BCUT2D eigenvalue weighted by Gasteiger charge is 2.17. The van der Waals surface area contributed by atoms with Crippen LogP contribution in [0, 0.1) is 10.1 Å². The quantitative estimate of drug-likeness (QED) is 0.436. The van der Waals surface area contributed by atoms with Gasteiger partial charge in [-0.15, -0.1) is 0 Å². The Morgan fingerprint density at radius 3 is 2.89 bits per heavy atom. The van der Waals surface area contributed by atoms with E-state index in [0.29, 0.717) is 0 Å². The van der Waals surface area contributed by atoms with Gasteiger partial charge in [0.1, 0.15) is 12.8 Å². The lowest BCUT2D eigenvalue weighted by molar-refractivity contribution is -0.389. The van der Waals surface area contributed by atoms with E-state index in [1.807, 2.05) is 0 Å². The van der Waals surface area contributed by atoms with Crippen LogP contribution in [-0.4, -0.2) is 31.5 Å². The maximum absolute atomic E-state index is 12.0. The fourth-order valence-corrected chi connectivity index (χ4v) is 1.55. The third-order valence-electron chi connectivity index (χ3n) is 2.40. The molecule has 19 heavy (non-hydrogen) atoms. The highest BCUT2D eigenvalue weighted by Crippen LogP contribution is 2.08. The van der Waals surface area contributed by atoms with Crippen molar-refractivity contribution in [3.63, 3.8) is 0 Å². The van der Waals surface area contributed by atoms with Crippen molar-refractivity contribution in [2.75, 3.05) is 6.61 Å². The first-order valence-electron chi connectivity index (χ1n) is 5.35. The van der Waals surface area contributed by atoms with E-state index in [0.717, 1.165) is 6.20 Å². The van der Waals surface area contributed by atoms with Gasteiger partial charge < -0.3 is 19.4 Å². The van der Waals surface area contributed by atoms with E-state index >= 15 is 0 Å². The van der Waals surface area contributed by atoms with E-state index in [9.17, 15) is 19.7 Å². The summed E-state index contributed by atoms with van der Waals surface area (Å²) in [5.41, 5.74) is -0.528. The average Bonchev–Trinajstić information content (AvgIpc) is 2.76. The molecule has 9 heteroatoms. The van der Waals surface area contributed by atoms with Crippen LogP contribution in [0.2, 0.25) is 0 Å². The van der Waals surface area contributed by atoms with Crippen LogP contribution in [0.15, 0.2) is 23.4 Å². The van der Waals surface area contributed by atoms with Crippen molar-refractivity contribution in [2.24, 2.45) is 0 Å². The molecule has 0 saturated carbocycles. The normalized spacial score (nSPS) is 10.6. The average molecular weight is 266 g/mol. The molecule has 9 nitrogen and oxygen atoms in total. The number of hydrogen-bond donors (Lipinski definition) is 0. The molecule has 0 bridgehead atoms. The van der Waals surface area contributed by atoms with E-state index in [-0.39, 0.29) is 18.8 Å². The van der Waals surface area contributed by atoms with Crippen molar-refractivity contribution < 1.29 is 14.5 Å². The smallest absolute Gasteiger partial charge is 0.382 e. The topological polar surface area (TPSA) is 109 Å². The van der Waals surface area contributed by atoms with Crippen LogP contribution in [0.4, 0.5) is 5.82 Å². The van der Waals surface area contributed by atoms with E-state index in [4.69, 9.17) is 4.74 Å². The molecular weight excluding hydrogens is 256 g/mol. The van der Waals surface area contributed by atoms with Gasteiger partial charge in [0.2, 0.25) is 0 Å². The number of carbonyl (C=O) groups is 1. The molecule has 0 N–H and O–H groups in total. The van der Waals surface area contributed by atoms with Crippen molar-refractivity contribution in [3.8, 4) is 0 Å². The molecule has 2 aromatic heterocycles. The number of fused-ring (bicyclic) bond motifs is 1. The van der Waals surface area contributed by atoms with Crippen LogP contribution >= 0.6 is 0 Å². The zero-order valence-electron chi connectivity index (χ0n) is 9.98. The van der Waals surface area contributed by atoms with E-state index in [1.165, 1.54) is 28.3 Å². The Balaban J connectivity index is 2.32. The first kappa shape index (κ1) is 12.7. The summed E-state index contributed by atoms with van der Waals surface area (Å²) in [6.07, 6.45) is 4.09. The van der Waals surface area contributed by atoms with Crippen molar-refractivity contribution in [2.45, 2.75) is 13.5 Å². The zero-order chi connectivity index (χ0) is 14.0. The summed E-state index contributed by atoms with van der Waals surface area (Å²) in [5, 5.41) is 10.6. The summed E-state index contributed by atoms with van der Waals surface area (Å²) in [6.45, 7) is 1.48. The maximum Gasteiger partial charge on any atom is 0.382 e. The lowest BCUT2D eigenvalue weighted by Crippen LogP contribution is -2.24. The molecule has 0 aromatic carbocycles. The Kier molecular flexibility index (Phi) is 3.27. The second-order valence-corrected chi connectivity index (χ2v) is 3.72. The van der Waals surface area contributed by atoms with Gasteiger partial charge in [0, 0.05) is 19.3 Å². The molecule has 0 fully saturated rings. The van der Waals surface area contributed by atoms with Crippen molar-refractivity contribution >= 4 is 17.4 Å². The molecule has 0 atom stereocenters. The summed E-state index contributed by atoms with van der Waals surface area (Å²) in [7, 11) is 0. The zero-order valence-corrected chi connectivity index (χ0v) is 9.98. The fraction of sp³-hybridized carbons (Fsp3) is 0.300. The van der Waals surface area contributed by atoms with E-state index in [1.54, 1.807) is 0 Å². The van der Waals surface area contributed by atoms with Crippen molar-refractivity contribution in [3.05, 3.63) is 39.1 Å². The molecule has 0 aliphatic rings. The van der Waals surface area contributed by atoms with Gasteiger partial charge >= 0.3 is 23.0 Å². The number of rotatable bonds is 4. The van der Waals surface area contributed by atoms with E-state index in [2.05, 4.69) is 4.98 Å². The molecule has 0 amide bonds. The Hall–Kier alpha value is -2.71. The van der Waals surface area contributed by atoms with Gasteiger partial charge in [-0.25, -0.2) is 0 Å². The molecule has 2 aromatic rings. The SMILES string of the molecule is CC(=O)OCCn1ccn2cc([N+](=O)[O-])nc2c1=O. The van der Waals surface area contributed by atoms with Crippen molar-refractivity contribution in [1.82, 2.24) is 14.0 Å². The Morgan fingerprint density at radius 2 is 2.26 bits per heavy atom. The molecule has 0 saturated heterocycles. The number of hydrogen-bond acceptors (Lipinski definition) is 6. The number of aromatic nitrogens is 3. The van der Waals surface area contributed by atoms with Gasteiger partial charge in [0.15, 0.2) is 0 Å². The highest BCUT2D eigenvalue weighted by atomic mass is 16.6. The molecule has 2 heterocycles. The summed E-state index contributed by atoms with van der Waals surface area (Å²) < 4.78 is 7.28. The van der Waals surface area contributed by atoms with Crippen LogP contribution in [0.25, 0.3) is 5.65 Å². The summed E-state index contributed by atoms with van der Waals surface area (Å²) in [4.78, 5) is 36.1. The number of ether oxygens (including phenoxy) is 1. The number of esters is 1. The summed E-state index contributed by atoms with van der Waals surface area (Å²) >= 11 is 0. The number of nitro groups is 1. The standard InChI is InChI=1S/C10H10N4O5/c1-7(15)19-5-4-12-2-3-13-6-8(14(17)18)11-9(13)10(12)16/h2-3,6H,4-5H2,1H3. The van der Waals surface area contributed by atoms with Crippen molar-refractivity contribution in [1.29, 1.82) is 0 Å². The third kappa shape index (κ3) is 2.59.